The van der Waals surface area contributed by atoms with Gasteiger partial charge in [0.25, 0.3) is 0 Å². The zero-order valence-corrected chi connectivity index (χ0v) is 9.56. The SMILES string of the molecule is CC1COCCN1CC(=O)c1ccccc1. The van der Waals surface area contributed by atoms with Crippen LogP contribution >= 0.6 is 0 Å². The lowest BCUT2D eigenvalue weighted by atomic mass is 10.1. The van der Waals surface area contributed by atoms with Gasteiger partial charge in [0.05, 0.1) is 19.8 Å². The van der Waals surface area contributed by atoms with Crippen molar-refractivity contribution in [3.8, 4) is 0 Å². The van der Waals surface area contributed by atoms with Gasteiger partial charge in [-0.3, -0.25) is 9.69 Å². The maximum atomic E-state index is 12.0. The van der Waals surface area contributed by atoms with E-state index in [1.807, 2.05) is 30.3 Å². The summed E-state index contributed by atoms with van der Waals surface area (Å²) >= 11 is 0. The van der Waals surface area contributed by atoms with Crippen LogP contribution in [0, 0.1) is 0 Å². The number of nitrogens with zero attached hydrogens (tertiary/aromatic N) is 1. The van der Waals surface area contributed by atoms with E-state index in [2.05, 4.69) is 11.8 Å². The van der Waals surface area contributed by atoms with E-state index in [1.165, 1.54) is 0 Å². The zero-order valence-electron chi connectivity index (χ0n) is 9.56. The summed E-state index contributed by atoms with van der Waals surface area (Å²) in [4.78, 5) is 14.2. The Bertz CT molecular complexity index is 350. The Labute approximate surface area is 96.0 Å². The van der Waals surface area contributed by atoms with Gasteiger partial charge in [0.2, 0.25) is 0 Å². The van der Waals surface area contributed by atoms with Crippen LogP contribution in [0.5, 0.6) is 0 Å². The fraction of sp³-hybridized carbons (Fsp3) is 0.462. The minimum absolute atomic E-state index is 0.189. The third kappa shape index (κ3) is 2.68. The lowest BCUT2D eigenvalue weighted by Gasteiger charge is -2.32. The smallest absolute Gasteiger partial charge is 0.176 e. The second-order valence-electron chi connectivity index (χ2n) is 4.18. The van der Waals surface area contributed by atoms with Gasteiger partial charge in [-0.1, -0.05) is 30.3 Å². The van der Waals surface area contributed by atoms with Crippen molar-refractivity contribution in [2.24, 2.45) is 0 Å². The van der Waals surface area contributed by atoms with Crippen LogP contribution in [0.15, 0.2) is 30.3 Å². The summed E-state index contributed by atoms with van der Waals surface area (Å²) in [5.74, 6) is 0.189. The van der Waals surface area contributed by atoms with Crippen molar-refractivity contribution < 1.29 is 9.53 Å². The second kappa shape index (κ2) is 5.23. The minimum Gasteiger partial charge on any atom is -0.379 e. The molecule has 1 aliphatic heterocycles. The summed E-state index contributed by atoms with van der Waals surface area (Å²) in [7, 11) is 0. The molecule has 86 valence electrons. The lowest BCUT2D eigenvalue weighted by Crippen LogP contribution is -2.45. The molecule has 2 rings (SSSR count). The maximum absolute atomic E-state index is 12.0. The minimum atomic E-state index is 0.189. The van der Waals surface area contributed by atoms with Crippen LogP contribution in [0.4, 0.5) is 0 Å². The fourth-order valence-corrected chi connectivity index (χ4v) is 1.90. The van der Waals surface area contributed by atoms with Crippen molar-refractivity contribution in [2.45, 2.75) is 13.0 Å². The van der Waals surface area contributed by atoms with Crippen molar-refractivity contribution in [1.29, 1.82) is 0 Å². The van der Waals surface area contributed by atoms with Crippen LogP contribution in [0.3, 0.4) is 0 Å². The number of carbonyl (C=O) groups excluding carboxylic acids is 1. The van der Waals surface area contributed by atoms with Crippen LogP contribution in [-0.2, 0) is 4.74 Å². The molecule has 1 aliphatic rings. The number of hydrogen-bond acceptors (Lipinski definition) is 3. The Hall–Kier alpha value is -1.19. The molecule has 0 saturated carbocycles. The number of carbonyl (C=O) groups is 1. The monoisotopic (exact) mass is 219 g/mol. The highest BCUT2D eigenvalue weighted by Crippen LogP contribution is 2.08. The van der Waals surface area contributed by atoms with E-state index in [9.17, 15) is 4.79 Å². The molecule has 1 aromatic rings. The average Bonchev–Trinajstić information content (AvgIpc) is 2.33. The molecule has 0 spiro atoms. The first-order valence-corrected chi connectivity index (χ1v) is 5.67. The molecule has 0 aromatic heterocycles. The molecule has 1 atom stereocenters. The van der Waals surface area contributed by atoms with E-state index >= 15 is 0 Å². The van der Waals surface area contributed by atoms with Crippen LogP contribution in [0.1, 0.15) is 17.3 Å². The Morgan fingerprint density at radius 1 is 1.44 bits per heavy atom. The topological polar surface area (TPSA) is 29.5 Å². The Kier molecular flexibility index (Phi) is 3.70. The molecule has 0 radical (unpaired) electrons. The number of hydrogen-bond donors (Lipinski definition) is 0. The summed E-state index contributed by atoms with van der Waals surface area (Å²) in [5.41, 5.74) is 0.793. The molecule has 1 fully saturated rings. The van der Waals surface area contributed by atoms with Crippen molar-refractivity contribution in [1.82, 2.24) is 4.90 Å². The first-order chi connectivity index (χ1) is 7.77. The number of rotatable bonds is 3. The molecule has 3 nitrogen and oxygen atoms in total. The van der Waals surface area contributed by atoms with Crippen molar-refractivity contribution >= 4 is 5.78 Å². The van der Waals surface area contributed by atoms with Gasteiger partial charge in [0, 0.05) is 18.2 Å². The summed E-state index contributed by atoms with van der Waals surface area (Å²) in [5, 5.41) is 0. The summed E-state index contributed by atoms with van der Waals surface area (Å²) in [6, 6.07) is 9.79. The molecule has 1 heterocycles. The molecule has 1 saturated heterocycles. The number of morpholine rings is 1. The predicted octanol–water partition coefficient (Wildman–Crippen LogP) is 1.59. The van der Waals surface area contributed by atoms with E-state index < -0.39 is 0 Å². The van der Waals surface area contributed by atoms with Gasteiger partial charge < -0.3 is 4.74 Å². The standard InChI is InChI=1S/C13H17NO2/c1-11-10-16-8-7-14(11)9-13(15)12-5-3-2-4-6-12/h2-6,11H,7-10H2,1H3. The van der Waals surface area contributed by atoms with Gasteiger partial charge in [0.15, 0.2) is 5.78 Å². The normalized spacial score (nSPS) is 21.9. The molecule has 0 aliphatic carbocycles. The van der Waals surface area contributed by atoms with Gasteiger partial charge in [0.1, 0.15) is 0 Å². The quantitative estimate of drug-likeness (QED) is 0.723. The molecule has 1 aromatic carbocycles. The third-order valence-corrected chi connectivity index (χ3v) is 2.95. The molecular formula is C13H17NO2. The largest absolute Gasteiger partial charge is 0.379 e. The Balaban J connectivity index is 1.96. The van der Waals surface area contributed by atoms with E-state index in [4.69, 9.17) is 4.74 Å². The number of benzene rings is 1. The van der Waals surface area contributed by atoms with Gasteiger partial charge in [-0.05, 0) is 6.92 Å². The van der Waals surface area contributed by atoms with Crippen molar-refractivity contribution in [2.75, 3.05) is 26.3 Å². The van der Waals surface area contributed by atoms with Crippen molar-refractivity contribution in [3.63, 3.8) is 0 Å². The van der Waals surface area contributed by atoms with Crippen LogP contribution in [0.25, 0.3) is 0 Å². The molecule has 3 heteroatoms. The van der Waals surface area contributed by atoms with Gasteiger partial charge >= 0.3 is 0 Å². The van der Waals surface area contributed by atoms with E-state index in [-0.39, 0.29) is 5.78 Å². The number of ether oxygens (including phenoxy) is 1. The number of Topliss-reactive ketones (excluding diaryl/α,β-unsaturated/α-hetero) is 1. The average molecular weight is 219 g/mol. The summed E-state index contributed by atoms with van der Waals surface area (Å²) < 4.78 is 5.35. The maximum Gasteiger partial charge on any atom is 0.176 e. The van der Waals surface area contributed by atoms with E-state index in [0.29, 0.717) is 12.6 Å². The van der Waals surface area contributed by atoms with Gasteiger partial charge in [-0.2, -0.15) is 0 Å². The first-order valence-electron chi connectivity index (χ1n) is 5.67. The zero-order chi connectivity index (χ0) is 11.4. The highest BCUT2D eigenvalue weighted by atomic mass is 16.5. The predicted molar refractivity (Wildman–Crippen MR) is 62.6 cm³/mol. The number of ketones is 1. The Morgan fingerprint density at radius 3 is 2.88 bits per heavy atom. The summed E-state index contributed by atoms with van der Waals surface area (Å²) in [6.45, 7) is 4.89. The van der Waals surface area contributed by atoms with E-state index in [0.717, 1.165) is 25.3 Å². The molecular weight excluding hydrogens is 202 g/mol. The van der Waals surface area contributed by atoms with Gasteiger partial charge in [-0.25, -0.2) is 0 Å². The molecule has 16 heavy (non-hydrogen) atoms. The highest BCUT2D eigenvalue weighted by molar-refractivity contribution is 5.97. The Morgan fingerprint density at radius 2 is 2.19 bits per heavy atom. The molecule has 0 amide bonds. The van der Waals surface area contributed by atoms with Crippen LogP contribution in [-0.4, -0.2) is 43.0 Å². The lowest BCUT2D eigenvalue weighted by molar-refractivity contribution is 0.00201. The molecule has 0 bridgehead atoms. The van der Waals surface area contributed by atoms with Crippen molar-refractivity contribution in [3.05, 3.63) is 35.9 Å². The second-order valence-corrected chi connectivity index (χ2v) is 4.18. The molecule has 0 N–H and O–H groups in total. The fourth-order valence-electron chi connectivity index (χ4n) is 1.90. The van der Waals surface area contributed by atoms with Crippen LogP contribution < -0.4 is 0 Å². The van der Waals surface area contributed by atoms with Gasteiger partial charge in [-0.15, -0.1) is 0 Å². The summed E-state index contributed by atoms with van der Waals surface area (Å²) in [6.07, 6.45) is 0. The third-order valence-electron chi connectivity index (χ3n) is 2.95. The van der Waals surface area contributed by atoms with Crippen LogP contribution in [0.2, 0.25) is 0 Å². The molecule has 1 unspecified atom stereocenters. The highest BCUT2D eigenvalue weighted by Gasteiger charge is 2.21. The van der Waals surface area contributed by atoms with E-state index in [1.54, 1.807) is 0 Å². The first kappa shape index (κ1) is 11.3.